The normalized spacial score (nSPS) is 14.1. The van der Waals surface area contributed by atoms with Gasteiger partial charge in [-0.1, -0.05) is 42.0 Å². The lowest BCUT2D eigenvalue weighted by Gasteiger charge is -2.13. The van der Waals surface area contributed by atoms with Crippen LogP contribution in [0.2, 0.25) is 0 Å². The summed E-state index contributed by atoms with van der Waals surface area (Å²) in [5, 5.41) is 3.03. The van der Waals surface area contributed by atoms with Crippen LogP contribution in [0.25, 0.3) is 0 Å². The summed E-state index contributed by atoms with van der Waals surface area (Å²) in [7, 11) is 0. The number of nitrogens with one attached hydrogen (secondary N) is 1. The Balaban J connectivity index is 1.50. The van der Waals surface area contributed by atoms with Crippen molar-refractivity contribution in [1.82, 2.24) is 5.32 Å². The highest BCUT2D eigenvalue weighted by Crippen LogP contribution is 2.22. The van der Waals surface area contributed by atoms with Gasteiger partial charge in [-0.15, -0.1) is 11.8 Å². The molecule has 2 nitrogen and oxygen atoms in total. The molecule has 0 heterocycles. The van der Waals surface area contributed by atoms with E-state index < -0.39 is 0 Å². The fraction of sp³-hybridized carbons (Fsp3) is 0.286. The first-order valence-corrected chi connectivity index (χ1v) is 9.53. The van der Waals surface area contributed by atoms with Crippen LogP contribution in [-0.4, -0.2) is 12.5 Å². The largest absolute Gasteiger partial charge is 0.348 e. The molecule has 2 aromatic carbocycles. The lowest BCUT2D eigenvalue weighted by atomic mass is 9.99. The third-order valence-electron chi connectivity index (χ3n) is 4.23. The minimum Gasteiger partial charge on any atom is -0.348 e. The number of carbonyl (C=O) groups is 1. The SMILES string of the molecule is O=C(NCC1=CCCCC1)c1ccc(CSc2ccccc2)cc1. The molecule has 0 atom stereocenters. The Morgan fingerprint density at radius 3 is 2.50 bits per heavy atom. The summed E-state index contributed by atoms with van der Waals surface area (Å²) in [4.78, 5) is 13.5. The molecule has 124 valence electrons. The third-order valence-corrected chi connectivity index (χ3v) is 5.31. The van der Waals surface area contributed by atoms with Crippen molar-refractivity contribution in [1.29, 1.82) is 0 Å². The van der Waals surface area contributed by atoms with Gasteiger partial charge >= 0.3 is 0 Å². The number of rotatable bonds is 6. The maximum Gasteiger partial charge on any atom is 0.251 e. The van der Waals surface area contributed by atoms with E-state index in [0.717, 1.165) is 24.2 Å². The van der Waals surface area contributed by atoms with Crippen LogP contribution in [0, 0.1) is 0 Å². The van der Waals surface area contributed by atoms with Gasteiger partial charge < -0.3 is 5.32 Å². The van der Waals surface area contributed by atoms with Gasteiger partial charge in [0.2, 0.25) is 0 Å². The molecule has 3 heteroatoms. The summed E-state index contributed by atoms with van der Waals surface area (Å²) >= 11 is 1.81. The Labute approximate surface area is 148 Å². The van der Waals surface area contributed by atoms with Gasteiger partial charge in [0.1, 0.15) is 0 Å². The van der Waals surface area contributed by atoms with Gasteiger partial charge in [0.15, 0.2) is 0 Å². The molecule has 2 aromatic rings. The summed E-state index contributed by atoms with van der Waals surface area (Å²) in [6.07, 6.45) is 7.07. The fourth-order valence-corrected chi connectivity index (χ4v) is 3.67. The van der Waals surface area contributed by atoms with Crippen molar-refractivity contribution in [2.45, 2.75) is 36.3 Å². The molecule has 0 spiro atoms. The molecule has 0 unspecified atom stereocenters. The van der Waals surface area contributed by atoms with Crippen molar-refractivity contribution in [3.8, 4) is 0 Å². The standard InChI is InChI=1S/C21H23NOS/c23-21(22-15-17-7-3-1-4-8-17)19-13-11-18(12-14-19)16-24-20-9-5-2-6-10-20/h2,5-7,9-14H,1,3-4,8,15-16H2,(H,22,23). The van der Waals surface area contributed by atoms with Gasteiger partial charge in [0.25, 0.3) is 5.91 Å². The van der Waals surface area contributed by atoms with Crippen molar-refractivity contribution < 1.29 is 4.79 Å². The predicted molar refractivity (Wildman–Crippen MR) is 101 cm³/mol. The van der Waals surface area contributed by atoms with Crippen molar-refractivity contribution in [2.24, 2.45) is 0 Å². The van der Waals surface area contributed by atoms with Crippen LogP contribution in [0.1, 0.15) is 41.6 Å². The number of carbonyl (C=O) groups excluding carboxylic acids is 1. The highest BCUT2D eigenvalue weighted by atomic mass is 32.2. The molecule has 24 heavy (non-hydrogen) atoms. The second-order valence-corrected chi connectivity index (χ2v) is 7.14. The molecule has 0 saturated carbocycles. The number of benzene rings is 2. The lowest BCUT2D eigenvalue weighted by Crippen LogP contribution is -2.26. The van der Waals surface area contributed by atoms with E-state index in [4.69, 9.17) is 0 Å². The number of amides is 1. The van der Waals surface area contributed by atoms with Gasteiger partial charge in [-0.25, -0.2) is 0 Å². The topological polar surface area (TPSA) is 29.1 Å². The van der Waals surface area contributed by atoms with Crippen LogP contribution in [0.3, 0.4) is 0 Å². The van der Waals surface area contributed by atoms with E-state index in [1.54, 1.807) is 0 Å². The lowest BCUT2D eigenvalue weighted by molar-refractivity contribution is 0.0956. The molecule has 0 fully saturated rings. The van der Waals surface area contributed by atoms with E-state index in [0.29, 0.717) is 6.54 Å². The first-order chi connectivity index (χ1) is 11.8. The van der Waals surface area contributed by atoms with Crippen LogP contribution in [0.4, 0.5) is 0 Å². The zero-order valence-corrected chi connectivity index (χ0v) is 14.6. The van der Waals surface area contributed by atoms with E-state index in [1.165, 1.54) is 28.9 Å². The Bertz CT molecular complexity index is 692. The maximum atomic E-state index is 12.2. The van der Waals surface area contributed by atoms with Gasteiger partial charge in [0, 0.05) is 22.8 Å². The van der Waals surface area contributed by atoms with Gasteiger partial charge in [-0.3, -0.25) is 4.79 Å². The van der Waals surface area contributed by atoms with Crippen LogP contribution >= 0.6 is 11.8 Å². The molecule has 0 radical (unpaired) electrons. The van der Waals surface area contributed by atoms with Gasteiger partial charge in [0.05, 0.1) is 0 Å². The second-order valence-electron chi connectivity index (χ2n) is 6.09. The Morgan fingerprint density at radius 2 is 1.79 bits per heavy atom. The first kappa shape index (κ1) is 16.8. The number of hydrogen-bond acceptors (Lipinski definition) is 2. The van der Waals surface area contributed by atoms with Crippen LogP contribution in [0.5, 0.6) is 0 Å². The fourth-order valence-electron chi connectivity index (χ4n) is 2.80. The van der Waals surface area contributed by atoms with E-state index in [1.807, 2.05) is 42.1 Å². The quantitative estimate of drug-likeness (QED) is 0.579. The van der Waals surface area contributed by atoms with Crippen LogP contribution in [0.15, 0.2) is 71.1 Å². The average Bonchev–Trinajstić information content (AvgIpc) is 2.66. The van der Waals surface area contributed by atoms with Gasteiger partial charge in [-0.05, 0) is 55.5 Å². The molecular weight excluding hydrogens is 314 g/mol. The first-order valence-electron chi connectivity index (χ1n) is 8.54. The molecule has 0 aliphatic heterocycles. The zero-order chi connectivity index (χ0) is 16.6. The van der Waals surface area contributed by atoms with Crippen molar-refractivity contribution in [3.63, 3.8) is 0 Å². The Kier molecular flexibility index (Phi) is 6.13. The second kappa shape index (κ2) is 8.74. The predicted octanol–water partition coefficient (Wildman–Crippen LogP) is 5.21. The molecule has 3 rings (SSSR count). The maximum absolute atomic E-state index is 12.2. The Morgan fingerprint density at radius 1 is 1.00 bits per heavy atom. The summed E-state index contributed by atoms with van der Waals surface area (Å²) < 4.78 is 0. The summed E-state index contributed by atoms with van der Waals surface area (Å²) in [6, 6.07) is 18.3. The third kappa shape index (κ3) is 5.00. The molecule has 1 amide bonds. The number of hydrogen-bond donors (Lipinski definition) is 1. The highest BCUT2D eigenvalue weighted by Gasteiger charge is 2.08. The van der Waals surface area contributed by atoms with E-state index in [2.05, 4.69) is 35.7 Å². The van der Waals surface area contributed by atoms with Crippen molar-refractivity contribution >= 4 is 17.7 Å². The van der Waals surface area contributed by atoms with E-state index in [9.17, 15) is 4.79 Å². The molecule has 0 saturated heterocycles. The van der Waals surface area contributed by atoms with Crippen molar-refractivity contribution in [2.75, 3.05) is 6.54 Å². The van der Waals surface area contributed by atoms with Crippen molar-refractivity contribution in [3.05, 3.63) is 77.4 Å². The minimum absolute atomic E-state index is 0.0173. The molecule has 0 bridgehead atoms. The minimum atomic E-state index is 0.0173. The molecule has 0 aromatic heterocycles. The summed E-state index contributed by atoms with van der Waals surface area (Å²) in [5.41, 5.74) is 3.33. The monoisotopic (exact) mass is 337 g/mol. The smallest absolute Gasteiger partial charge is 0.251 e. The van der Waals surface area contributed by atoms with E-state index in [-0.39, 0.29) is 5.91 Å². The summed E-state index contributed by atoms with van der Waals surface area (Å²) in [6.45, 7) is 0.685. The van der Waals surface area contributed by atoms with Crippen LogP contribution < -0.4 is 5.32 Å². The highest BCUT2D eigenvalue weighted by molar-refractivity contribution is 7.98. The average molecular weight is 337 g/mol. The molecule has 1 aliphatic carbocycles. The molecule has 1 N–H and O–H groups in total. The van der Waals surface area contributed by atoms with E-state index >= 15 is 0 Å². The molecular formula is C21H23NOS. The van der Waals surface area contributed by atoms with Gasteiger partial charge in [-0.2, -0.15) is 0 Å². The Hall–Kier alpha value is -2.00. The number of allylic oxidation sites excluding steroid dienone is 1. The zero-order valence-electron chi connectivity index (χ0n) is 13.8. The van der Waals surface area contributed by atoms with Crippen LogP contribution in [-0.2, 0) is 5.75 Å². The number of thioether (sulfide) groups is 1. The summed E-state index contributed by atoms with van der Waals surface area (Å²) in [5.74, 6) is 0.933. The molecule has 1 aliphatic rings.